The minimum atomic E-state index is -1.26. The largest absolute Gasteiger partial charge is 0.478 e. The summed E-state index contributed by atoms with van der Waals surface area (Å²) in [5.74, 6) is -0.0728. The Labute approximate surface area is 156 Å². The number of hydrogen-bond donors (Lipinski definition) is 3. The quantitative estimate of drug-likeness (QED) is 0.683. The molecule has 1 saturated heterocycles. The fourth-order valence-corrected chi connectivity index (χ4v) is 2.78. The van der Waals surface area contributed by atoms with Gasteiger partial charge in [0.05, 0.1) is 19.0 Å². The van der Waals surface area contributed by atoms with E-state index in [-0.39, 0.29) is 6.61 Å². The summed E-state index contributed by atoms with van der Waals surface area (Å²) in [7, 11) is 2.04. The molecule has 3 N–H and O–H groups in total. The lowest BCUT2D eigenvalue weighted by atomic mass is 10.1. The van der Waals surface area contributed by atoms with E-state index in [0.717, 1.165) is 35.5 Å². The Balaban J connectivity index is 0.000000279. The molecule has 0 aliphatic carbocycles. The van der Waals surface area contributed by atoms with Crippen LogP contribution >= 0.6 is 0 Å². The third-order valence-electron chi connectivity index (χ3n) is 3.97. The fraction of sp³-hybridized carbons (Fsp3) is 0.316. The monoisotopic (exact) mass is 374 g/mol. The van der Waals surface area contributed by atoms with Crippen LogP contribution in [0.3, 0.4) is 0 Å². The van der Waals surface area contributed by atoms with Crippen molar-refractivity contribution in [3.63, 3.8) is 0 Å². The van der Waals surface area contributed by atoms with Crippen molar-refractivity contribution in [2.45, 2.75) is 12.3 Å². The molecule has 0 amide bonds. The number of nitrogens with zero attached hydrogens (tertiary/aromatic N) is 2. The first-order valence-corrected chi connectivity index (χ1v) is 8.38. The van der Waals surface area contributed by atoms with Crippen LogP contribution in [-0.4, -0.2) is 64.7 Å². The van der Waals surface area contributed by atoms with Gasteiger partial charge in [0.1, 0.15) is 11.3 Å². The van der Waals surface area contributed by atoms with Gasteiger partial charge in [-0.1, -0.05) is 18.2 Å². The number of furan rings is 1. The van der Waals surface area contributed by atoms with E-state index >= 15 is 0 Å². The predicted octanol–water partition coefficient (Wildman–Crippen LogP) is 1.95. The maximum atomic E-state index is 9.55. The SMILES string of the molecule is CN1CC(c2cc3ccccc3o2)CC1=NCCO.O=C(O)/C=C/C(=O)O. The molecule has 8 nitrogen and oxygen atoms in total. The number of carbonyl (C=O) groups is 2. The van der Waals surface area contributed by atoms with Crippen LogP contribution < -0.4 is 0 Å². The molecule has 3 rings (SSSR count). The summed E-state index contributed by atoms with van der Waals surface area (Å²) in [6.45, 7) is 1.50. The maximum Gasteiger partial charge on any atom is 0.328 e. The van der Waals surface area contributed by atoms with Crippen molar-refractivity contribution in [1.29, 1.82) is 0 Å². The lowest BCUT2D eigenvalue weighted by Gasteiger charge is -2.10. The van der Waals surface area contributed by atoms with E-state index in [1.54, 1.807) is 0 Å². The highest BCUT2D eigenvalue weighted by Gasteiger charge is 2.28. The van der Waals surface area contributed by atoms with Gasteiger partial charge in [-0.2, -0.15) is 0 Å². The van der Waals surface area contributed by atoms with Crippen molar-refractivity contribution in [1.82, 2.24) is 4.90 Å². The minimum Gasteiger partial charge on any atom is -0.478 e. The molecule has 0 radical (unpaired) electrons. The summed E-state index contributed by atoms with van der Waals surface area (Å²) < 4.78 is 5.92. The average molecular weight is 374 g/mol. The number of hydrogen-bond acceptors (Lipinski definition) is 5. The number of carboxylic acid groups (broad SMARTS) is 2. The second-order valence-corrected chi connectivity index (χ2v) is 6.00. The Hall–Kier alpha value is -3.13. The van der Waals surface area contributed by atoms with E-state index in [4.69, 9.17) is 19.7 Å². The highest BCUT2D eigenvalue weighted by Crippen LogP contribution is 2.32. The standard InChI is InChI=1S/C15H18N2O2.C4H4O4/c1-17-10-12(9-15(17)16-6-7-18)14-8-11-4-2-3-5-13(11)19-14;5-3(6)1-2-4(7)8/h2-5,8,12,18H,6-7,9-10H2,1H3;1-2H,(H,5,6)(H,7,8)/b;2-1+. The summed E-state index contributed by atoms with van der Waals surface area (Å²) in [6.07, 6.45) is 2.00. The molecule has 1 atom stereocenters. The highest BCUT2D eigenvalue weighted by molar-refractivity contribution is 5.89. The van der Waals surface area contributed by atoms with E-state index in [9.17, 15) is 9.59 Å². The molecular formula is C19H22N2O6. The Morgan fingerprint density at radius 3 is 2.52 bits per heavy atom. The summed E-state index contributed by atoms with van der Waals surface area (Å²) in [5, 5.41) is 25.6. The number of likely N-dealkylation sites (tertiary alicyclic amines) is 1. The number of aliphatic hydroxyl groups excluding tert-OH is 1. The number of benzene rings is 1. The normalized spacial score (nSPS) is 18.1. The number of carboxylic acids is 2. The lowest BCUT2D eigenvalue weighted by molar-refractivity contribution is -0.134. The van der Waals surface area contributed by atoms with E-state index in [0.29, 0.717) is 24.6 Å². The fourth-order valence-electron chi connectivity index (χ4n) is 2.78. The van der Waals surface area contributed by atoms with Gasteiger partial charge in [-0.15, -0.1) is 0 Å². The van der Waals surface area contributed by atoms with Gasteiger partial charge < -0.3 is 24.6 Å². The summed E-state index contributed by atoms with van der Waals surface area (Å²) in [4.78, 5) is 25.7. The Morgan fingerprint density at radius 1 is 1.26 bits per heavy atom. The molecule has 1 aliphatic heterocycles. The molecule has 1 unspecified atom stereocenters. The van der Waals surface area contributed by atoms with Gasteiger partial charge in [-0.25, -0.2) is 9.59 Å². The van der Waals surface area contributed by atoms with Crippen LogP contribution in [0.1, 0.15) is 18.1 Å². The van der Waals surface area contributed by atoms with Crippen molar-refractivity contribution < 1.29 is 29.3 Å². The van der Waals surface area contributed by atoms with Gasteiger partial charge in [0.2, 0.25) is 0 Å². The molecule has 8 heteroatoms. The number of amidine groups is 1. The molecule has 0 saturated carbocycles. The number of rotatable bonds is 5. The molecule has 144 valence electrons. The van der Waals surface area contributed by atoms with E-state index in [1.807, 2.05) is 25.2 Å². The van der Waals surface area contributed by atoms with Gasteiger partial charge >= 0.3 is 11.9 Å². The Kier molecular flexibility index (Phi) is 7.13. The second-order valence-electron chi connectivity index (χ2n) is 6.00. The van der Waals surface area contributed by atoms with Crippen molar-refractivity contribution >= 4 is 28.7 Å². The zero-order valence-electron chi connectivity index (χ0n) is 14.9. The zero-order valence-corrected chi connectivity index (χ0v) is 14.9. The van der Waals surface area contributed by atoms with Gasteiger partial charge in [-0.3, -0.25) is 4.99 Å². The van der Waals surface area contributed by atoms with Gasteiger partial charge in [-0.05, 0) is 12.1 Å². The molecule has 1 aromatic carbocycles. The van der Waals surface area contributed by atoms with E-state index < -0.39 is 11.9 Å². The third-order valence-corrected chi connectivity index (χ3v) is 3.97. The smallest absolute Gasteiger partial charge is 0.328 e. The predicted molar refractivity (Wildman–Crippen MR) is 100 cm³/mol. The highest BCUT2D eigenvalue weighted by atomic mass is 16.4. The van der Waals surface area contributed by atoms with E-state index in [1.165, 1.54) is 0 Å². The molecule has 27 heavy (non-hydrogen) atoms. The van der Waals surface area contributed by atoms with Crippen LogP contribution in [0.5, 0.6) is 0 Å². The lowest BCUT2D eigenvalue weighted by Crippen LogP contribution is -2.20. The maximum absolute atomic E-state index is 9.55. The van der Waals surface area contributed by atoms with Gasteiger partial charge in [0, 0.05) is 43.5 Å². The summed E-state index contributed by atoms with van der Waals surface area (Å²) in [5.41, 5.74) is 0.945. The van der Waals surface area contributed by atoms with E-state index in [2.05, 4.69) is 22.0 Å². The first kappa shape index (κ1) is 20.2. The van der Waals surface area contributed by atoms with Crippen LogP contribution in [-0.2, 0) is 9.59 Å². The number of aliphatic hydroxyl groups is 1. The van der Waals surface area contributed by atoms with Crippen molar-refractivity contribution in [2.24, 2.45) is 4.99 Å². The summed E-state index contributed by atoms with van der Waals surface area (Å²) in [6, 6.07) is 10.2. The Bertz CT molecular complexity index is 806. The number of aliphatic carboxylic acids is 2. The number of para-hydroxylation sites is 1. The second kappa shape index (κ2) is 9.54. The zero-order chi connectivity index (χ0) is 19.8. The minimum absolute atomic E-state index is 0.104. The molecule has 1 aliphatic rings. The van der Waals surface area contributed by atoms with Crippen LogP contribution in [0.15, 0.2) is 51.9 Å². The van der Waals surface area contributed by atoms with Gasteiger partial charge in [0.15, 0.2) is 0 Å². The van der Waals surface area contributed by atoms with Crippen molar-refractivity contribution in [2.75, 3.05) is 26.7 Å². The first-order valence-electron chi connectivity index (χ1n) is 8.38. The topological polar surface area (TPSA) is 124 Å². The Morgan fingerprint density at radius 2 is 1.93 bits per heavy atom. The molecule has 0 bridgehead atoms. The molecule has 0 spiro atoms. The molecule has 1 fully saturated rings. The van der Waals surface area contributed by atoms with Gasteiger partial charge in [0.25, 0.3) is 0 Å². The molecule has 1 aromatic heterocycles. The number of aliphatic imine (C=N–C) groups is 1. The molecular weight excluding hydrogens is 352 g/mol. The van der Waals surface area contributed by atoms with Crippen molar-refractivity contribution in [3.05, 3.63) is 48.2 Å². The van der Waals surface area contributed by atoms with Crippen LogP contribution in [0.25, 0.3) is 11.0 Å². The van der Waals surface area contributed by atoms with Crippen molar-refractivity contribution in [3.8, 4) is 0 Å². The first-order chi connectivity index (χ1) is 12.9. The average Bonchev–Trinajstić information content (AvgIpc) is 3.22. The number of likely N-dealkylation sites (N-methyl/N-ethyl adjacent to an activating group) is 1. The summed E-state index contributed by atoms with van der Waals surface area (Å²) >= 11 is 0. The molecule has 2 aromatic rings. The van der Waals surface area contributed by atoms with Crippen LogP contribution in [0.4, 0.5) is 0 Å². The number of fused-ring (bicyclic) bond motifs is 1. The van der Waals surface area contributed by atoms with Crippen LogP contribution in [0, 0.1) is 0 Å². The molecule has 2 heterocycles. The van der Waals surface area contributed by atoms with Crippen LogP contribution in [0.2, 0.25) is 0 Å². The third kappa shape index (κ3) is 5.96.